The number of hydrogen-bond acceptors (Lipinski definition) is 3. The van der Waals surface area contributed by atoms with Gasteiger partial charge in [-0.25, -0.2) is 0 Å². The van der Waals surface area contributed by atoms with Gasteiger partial charge in [-0.15, -0.1) is 0 Å². The Hall–Kier alpha value is -1.06. The lowest BCUT2D eigenvalue weighted by molar-refractivity contribution is 0.270. The van der Waals surface area contributed by atoms with E-state index in [2.05, 4.69) is 0 Å². The largest absolute Gasteiger partial charge is 0.394 e. The van der Waals surface area contributed by atoms with Crippen LogP contribution in [0, 0.1) is 0 Å². The van der Waals surface area contributed by atoms with Crippen LogP contribution in [0.1, 0.15) is 12.5 Å². The number of nitrogens with zero attached hydrogens (tertiary/aromatic N) is 1. The van der Waals surface area contributed by atoms with E-state index in [1.54, 1.807) is 0 Å². The highest BCUT2D eigenvalue weighted by molar-refractivity contribution is 5.53. The minimum atomic E-state index is 0.114. The van der Waals surface area contributed by atoms with Gasteiger partial charge in [-0.3, -0.25) is 0 Å². The molecule has 1 atom stereocenters. The minimum absolute atomic E-state index is 0.114. The molecule has 0 spiro atoms. The van der Waals surface area contributed by atoms with E-state index in [-0.39, 0.29) is 12.6 Å². The minimum Gasteiger partial charge on any atom is -0.394 e. The Kier molecular flexibility index (Phi) is 3.92. The Morgan fingerprint density at radius 3 is 2.64 bits per heavy atom. The fourth-order valence-corrected chi connectivity index (χ4v) is 1.39. The Labute approximate surface area is 85.2 Å². The van der Waals surface area contributed by atoms with Crippen molar-refractivity contribution < 1.29 is 5.11 Å². The number of aliphatic hydroxyl groups excluding tert-OH is 1. The van der Waals surface area contributed by atoms with Gasteiger partial charge in [-0.1, -0.05) is 18.2 Å². The summed E-state index contributed by atoms with van der Waals surface area (Å²) in [5.41, 5.74) is 7.84. The lowest BCUT2D eigenvalue weighted by Crippen LogP contribution is -2.32. The zero-order valence-electron chi connectivity index (χ0n) is 8.77. The van der Waals surface area contributed by atoms with Gasteiger partial charge in [-0.05, 0) is 18.6 Å². The predicted octanol–water partition coefficient (Wildman–Crippen LogP) is 0.962. The third-order valence-electron chi connectivity index (χ3n) is 2.52. The molecule has 3 heteroatoms. The topological polar surface area (TPSA) is 49.5 Å². The van der Waals surface area contributed by atoms with E-state index in [1.807, 2.05) is 43.1 Å². The quantitative estimate of drug-likeness (QED) is 0.750. The van der Waals surface area contributed by atoms with Gasteiger partial charge >= 0.3 is 0 Å². The van der Waals surface area contributed by atoms with Gasteiger partial charge in [0.15, 0.2) is 0 Å². The Bertz CT molecular complexity index is 288. The van der Waals surface area contributed by atoms with E-state index in [4.69, 9.17) is 10.8 Å². The second-order valence-electron chi connectivity index (χ2n) is 3.48. The first-order chi connectivity index (χ1) is 6.70. The number of hydrogen-bond donors (Lipinski definition) is 2. The van der Waals surface area contributed by atoms with Crippen molar-refractivity contribution in [2.45, 2.75) is 19.5 Å². The standard InChI is InChI=1S/C11H18N2O/c1-9(8-14)13(2)11-6-4-3-5-10(11)7-12/h3-6,9,14H,7-8,12H2,1-2H3. The fraction of sp³-hybridized carbons (Fsp3) is 0.455. The molecule has 3 N–H and O–H groups in total. The average Bonchev–Trinajstić information content (AvgIpc) is 2.26. The van der Waals surface area contributed by atoms with Crippen LogP contribution in [0.15, 0.2) is 24.3 Å². The zero-order chi connectivity index (χ0) is 10.6. The molecule has 0 aromatic heterocycles. The molecule has 0 aliphatic heterocycles. The number of anilines is 1. The molecule has 0 radical (unpaired) electrons. The Morgan fingerprint density at radius 1 is 1.43 bits per heavy atom. The van der Waals surface area contributed by atoms with Crippen LogP contribution in [-0.2, 0) is 6.54 Å². The Balaban J connectivity index is 2.93. The summed E-state index contributed by atoms with van der Waals surface area (Å²) in [6.45, 7) is 2.65. The van der Waals surface area contributed by atoms with Crippen LogP contribution in [0.4, 0.5) is 5.69 Å². The molecule has 0 aliphatic rings. The van der Waals surface area contributed by atoms with E-state index in [9.17, 15) is 0 Å². The smallest absolute Gasteiger partial charge is 0.0632 e. The van der Waals surface area contributed by atoms with Gasteiger partial charge in [0.1, 0.15) is 0 Å². The van der Waals surface area contributed by atoms with E-state index >= 15 is 0 Å². The molecule has 0 saturated carbocycles. The normalized spacial score (nSPS) is 12.6. The van der Waals surface area contributed by atoms with Crippen molar-refractivity contribution in [1.82, 2.24) is 0 Å². The van der Waals surface area contributed by atoms with Crippen molar-refractivity contribution in [3.63, 3.8) is 0 Å². The van der Waals surface area contributed by atoms with Crippen LogP contribution in [-0.4, -0.2) is 24.8 Å². The maximum Gasteiger partial charge on any atom is 0.0632 e. The van der Waals surface area contributed by atoms with Crippen molar-refractivity contribution >= 4 is 5.69 Å². The summed E-state index contributed by atoms with van der Waals surface area (Å²) in [5.74, 6) is 0. The maximum absolute atomic E-state index is 9.06. The van der Waals surface area contributed by atoms with E-state index < -0.39 is 0 Å². The molecule has 0 bridgehead atoms. The number of para-hydroxylation sites is 1. The van der Waals surface area contributed by atoms with Crippen LogP contribution < -0.4 is 10.6 Å². The summed E-state index contributed by atoms with van der Waals surface area (Å²) in [7, 11) is 1.97. The summed E-state index contributed by atoms with van der Waals surface area (Å²) in [4.78, 5) is 2.04. The molecule has 0 heterocycles. The summed E-state index contributed by atoms with van der Waals surface area (Å²) in [5, 5.41) is 9.06. The molecule has 1 aromatic rings. The van der Waals surface area contributed by atoms with Gasteiger partial charge < -0.3 is 15.7 Å². The van der Waals surface area contributed by atoms with E-state index in [1.165, 1.54) is 0 Å². The van der Waals surface area contributed by atoms with Crippen molar-refractivity contribution in [1.29, 1.82) is 0 Å². The van der Waals surface area contributed by atoms with Gasteiger partial charge in [0.05, 0.1) is 6.61 Å². The van der Waals surface area contributed by atoms with Crippen LogP contribution in [0.2, 0.25) is 0 Å². The lowest BCUT2D eigenvalue weighted by Gasteiger charge is -2.27. The first-order valence-electron chi connectivity index (χ1n) is 4.82. The van der Waals surface area contributed by atoms with Gasteiger partial charge in [0, 0.05) is 25.3 Å². The fourth-order valence-electron chi connectivity index (χ4n) is 1.39. The molecule has 78 valence electrons. The van der Waals surface area contributed by atoms with E-state index in [0.29, 0.717) is 6.54 Å². The van der Waals surface area contributed by atoms with Gasteiger partial charge in [0.2, 0.25) is 0 Å². The molecular weight excluding hydrogens is 176 g/mol. The summed E-state index contributed by atoms with van der Waals surface area (Å²) >= 11 is 0. The third kappa shape index (κ3) is 2.25. The number of likely N-dealkylation sites (N-methyl/N-ethyl adjacent to an activating group) is 1. The second kappa shape index (κ2) is 4.98. The van der Waals surface area contributed by atoms with E-state index in [0.717, 1.165) is 11.3 Å². The third-order valence-corrected chi connectivity index (χ3v) is 2.52. The number of rotatable bonds is 4. The SMILES string of the molecule is CC(CO)N(C)c1ccccc1CN. The molecule has 1 unspecified atom stereocenters. The van der Waals surface area contributed by atoms with Crippen LogP contribution in [0.5, 0.6) is 0 Å². The summed E-state index contributed by atoms with van der Waals surface area (Å²) in [6.07, 6.45) is 0. The highest BCUT2D eigenvalue weighted by Gasteiger charge is 2.10. The molecule has 1 rings (SSSR count). The summed E-state index contributed by atoms with van der Waals surface area (Å²) in [6, 6.07) is 8.10. The molecular formula is C11H18N2O. The predicted molar refractivity (Wildman–Crippen MR) is 59.3 cm³/mol. The summed E-state index contributed by atoms with van der Waals surface area (Å²) < 4.78 is 0. The van der Waals surface area contributed by atoms with Crippen molar-refractivity contribution in [2.24, 2.45) is 5.73 Å². The highest BCUT2D eigenvalue weighted by Crippen LogP contribution is 2.20. The first-order valence-corrected chi connectivity index (χ1v) is 4.82. The van der Waals surface area contributed by atoms with Crippen LogP contribution in [0.25, 0.3) is 0 Å². The molecule has 0 fully saturated rings. The first kappa shape index (κ1) is 11.0. The maximum atomic E-state index is 9.06. The molecule has 0 saturated heterocycles. The molecule has 0 amide bonds. The number of aliphatic hydroxyl groups is 1. The molecule has 0 aliphatic carbocycles. The molecule has 1 aromatic carbocycles. The van der Waals surface area contributed by atoms with Crippen LogP contribution in [0.3, 0.4) is 0 Å². The molecule has 3 nitrogen and oxygen atoms in total. The van der Waals surface area contributed by atoms with Gasteiger partial charge in [0.25, 0.3) is 0 Å². The average molecular weight is 194 g/mol. The van der Waals surface area contributed by atoms with Crippen molar-refractivity contribution in [2.75, 3.05) is 18.6 Å². The number of benzene rings is 1. The highest BCUT2D eigenvalue weighted by atomic mass is 16.3. The Morgan fingerprint density at radius 2 is 2.07 bits per heavy atom. The second-order valence-corrected chi connectivity index (χ2v) is 3.48. The van der Waals surface area contributed by atoms with Crippen molar-refractivity contribution in [3.8, 4) is 0 Å². The van der Waals surface area contributed by atoms with Crippen molar-refractivity contribution in [3.05, 3.63) is 29.8 Å². The zero-order valence-corrected chi connectivity index (χ0v) is 8.77. The molecule has 14 heavy (non-hydrogen) atoms. The monoisotopic (exact) mass is 194 g/mol. The van der Waals surface area contributed by atoms with Crippen LogP contribution >= 0.6 is 0 Å². The number of nitrogens with two attached hydrogens (primary N) is 1. The lowest BCUT2D eigenvalue weighted by atomic mass is 10.1. The van der Waals surface area contributed by atoms with Gasteiger partial charge in [-0.2, -0.15) is 0 Å².